The lowest BCUT2D eigenvalue weighted by atomic mass is 10.1. The molecule has 2 atom stereocenters. The van der Waals surface area contributed by atoms with E-state index in [4.69, 9.17) is 9.15 Å². The number of anilines is 1. The van der Waals surface area contributed by atoms with Crippen molar-refractivity contribution < 1.29 is 17.6 Å². The highest BCUT2D eigenvalue weighted by molar-refractivity contribution is 7.91. The standard InChI is InChI=1S/C23H26N2O4S/c1-15-9-11-19(12-10-15)30(26,27)22-23(25-13-17(3)28-18(4)14-25)29-21(24-22)20-8-6-5-7-16(20)2/h5-12,17-18H,13-14H2,1-4H3. The molecule has 2 heterocycles. The van der Waals surface area contributed by atoms with Crippen molar-refractivity contribution in [2.24, 2.45) is 0 Å². The highest BCUT2D eigenvalue weighted by Crippen LogP contribution is 2.36. The molecule has 6 nitrogen and oxygen atoms in total. The molecule has 0 amide bonds. The van der Waals surface area contributed by atoms with Crippen LogP contribution in [0.1, 0.15) is 25.0 Å². The summed E-state index contributed by atoms with van der Waals surface area (Å²) in [4.78, 5) is 6.63. The van der Waals surface area contributed by atoms with E-state index in [0.29, 0.717) is 19.0 Å². The van der Waals surface area contributed by atoms with Crippen LogP contribution in [0.4, 0.5) is 5.88 Å². The second-order valence-corrected chi connectivity index (χ2v) is 9.79. The second-order valence-electron chi connectivity index (χ2n) is 7.92. The fourth-order valence-electron chi connectivity index (χ4n) is 3.77. The number of sulfone groups is 1. The van der Waals surface area contributed by atoms with Crippen LogP contribution in [-0.2, 0) is 14.6 Å². The Morgan fingerprint density at radius 2 is 1.60 bits per heavy atom. The summed E-state index contributed by atoms with van der Waals surface area (Å²) in [6, 6.07) is 14.4. The summed E-state index contributed by atoms with van der Waals surface area (Å²) in [6.07, 6.45) is -0.0913. The zero-order valence-corrected chi connectivity index (χ0v) is 18.4. The number of aromatic nitrogens is 1. The summed E-state index contributed by atoms with van der Waals surface area (Å²) >= 11 is 0. The van der Waals surface area contributed by atoms with Crippen LogP contribution in [0, 0.1) is 13.8 Å². The molecule has 7 heteroatoms. The first-order valence-corrected chi connectivity index (χ1v) is 11.5. The molecule has 2 aromatic carbocycles. The Morgan fingerprint density at radius 3 is 2.23 bits per heavy atom. The Kier molecular flexibility index (Phi) is 5.42. The van der Waals surface area contributed by atoms with Crippen molar-refractivity contribution in [3.8, 4) is 11.5 Å². The van der Waals surface area contributed by atoms with Gasteiger partial charge in [-0.3, -0.25) is 0 Å². The summed E-state index contributed by atoms with van der Waals surface area (Å²) in [5.41, 5.74) is 2.73. The van der Waals surface area contributed by atoms with Crippen LogP contribution >= 0.6 is 0 Å². The third-order valence-corrected chi connectivity index (χ3v) is 6.92. The van der Waals surface area contributed by atoms with E-state index in [9.17, 15) is 8.42 Å². The minimum absolute atomic E-state index is 0.0457. The van der Waals surface area contributed by atoms with Gasteiger partial charge in [-0.15, -0.1) is 0 Å². The van der Waals surface area contributed by atoms with E-state index in [2.05, 4.69) is 4.98 Å². The molecule has 4 rings (SSSR count). The van der Waals surface area contributed by atoms with Gasteiger partial charge in [-0.1, -0.05) is 35.9 Å². The van der Waals surface area contributed by atoms with Crippen LogP contribution < -0.4 is 4.90 Å². The van der Waals surface area contributed by atoms with Gasteiger partial charge in [-0.05, 0) is 51.5 Å². The van der Waals surface area contributed by atoms with Crippen LogP contribution in [0.5, 0.6) is 0 Å². The van der Waals surface area contributed by atoms with Crippen LogP contribution in [0.2, 0.25) is 0 Å². The number of hydrogen-bond donors (Lipinski definition) is 0. The maximum absolute atomic E-state index is 13.5. The normalized spacial score (nSPS) is 19.8. The van der Waals surface area contributed by atoms with E-state index in [0.717, 1.165) is 16.7 Å². The average Bonchev–Trinajstić information content (AvgIpc) is 3.14. The molecule has 2 unspecified atom stereocenters. The molecule has 30 heavy (non-hydrogen) atoms. The van der Waals surface area contributed by atoms with Gasteiger partial charge >= 0.3 is 0 Å². The third-order valence-electron chi connectivity index (χ3n) is 5.25. The predicted molar refractivity (Wildman–Crippen MR) is 116 cm³/mol. The molecule has 1 fully saturated rings. The minimum Gasteiger partial charge on any atom is -0.419 e. The van der Waals surface area contributed by atoms with Gasteiger partial charge in [-0.25, -0.2) is 8.42 Å². The number of rotatable bonds is 4. The summed E-state index contributed by atoms with van der Waals surface area (Å²) in [5.74, 6) is 0.580. The van der Waals surface area contributed by atoms with E-state index in [1.54, 1.807) is 24.3 Å². The van der Waals surface area contributed by atoms with Gasteiger partial charge in [0.15, 0.2) is 0 Å². The molecular formula is C23H26N2O4S. The smallest absolute Gasteiger partial charge is 0.236 e. The van der Waals surface area contributed by atoms with Gasteiger partial charge in [0.2, 0.25) is 26.6 Å². The van der Waals surface area contributed by atoms with Gasteiger partial charge < -0.3 is 14.1 Å². The van der Waals surface area contributed by atoms with E-state index in [1.807, 2.05) is 56.9 Å². The van der Waals surface area contributed by atoms with Crippen LogP contribution in [0.25, 0.3) is 11.5 Å². The number of benzene rings is 2. The number of morpholine rings is 1. The van der Waals surface area contributed by atoms with Gasteiger partial charge in [0.25, 0.3) is 0 Å². The Labute approximate surface area is 177 Å². The molecule has 1 aromatic heterocycles. The summed E-state index contributed by atoms with van der Waals surface area (Å²) < 4.78 is 39.0. The quantitative estimate of drug-likeness (QED) is 0.616. The Hall–Kier alpha value is -2.64. The van der Waals surface area contributed by atoms with Crippen molar-refractivity contribution in [1.82, 2.24) is 4.98 Å². The molecule has 0 bridgehead atoms. The Morgan fingerprint density at radius 1 is 0.967 bits per heavy atom. The van der Waals surface area contributed by atoms with Crippen molar-refractivity contribution in [1.29, 1.82) is 0 Å². The second kappa shape index (κ2) is 7.89. The van der Waals surface area contributed by atoms with Gasteiger partial charge in [-0.2, -0.15) is 4.98 Å². The molecule has 1 saturated heterocycles. The lowest BCUT2D eigenvalue weighted by Gasteiger charge is -2.35. The van der Waals surface area contributed by atoms with Crippen LogP contribution in [-0.4, -0.2) is 38.7 Å². The summed E-state index contributed by atoms with van der Waals surface area (Å²) in [7, 11) is -3.86. The van der Waals surface area contributed by atoms with Crippen molar-refractivity contribution in [3.63, 3.8) is 0 Å². The average molecular weight is 427 g/mol. The van der Waals surface area contributed by atoms with Gasteiger partial charge in [0.1, 0.15) is 0 Å². The number of nitrogens with zero attached hydrogens (tertiary/aromatic N) is 2. The third kappa shape index (κ3) is 3.87. The molecule has 1 aliphatic rings. The highest BCUT2D eigenvalue weighted by atomic mass is 32.2. The summed E-state index contributed by atoms with van der Waals surface area (Å²) in [6.45, 7) is 8.87. The highest BCUT2D eigenvalue weighted by Gasteiger charge is 2.34. The van der Waals surface area contributed by atoms with E-state index in [1.165, 1.54) is 0 Å². The SMILES string of the molecule is Cc1ccc(S(=O)(=O)c2nc(-c3ccccc3C)oc2N2CC(C)OC(C)C2)cc1. The molecule has 0 N–H and O–H groups in total. The van der Waals surface area contributed by atoms with Crippen LogP contribution in [0.15, 0.2) is 62.9 Å². The predicted octanol–water partition coefficient (Wildman–Crippen LogP) is 4.40. The molecule has 0 saturated carbocycles. The molecule has 0 radical (unpaired) electrons. The van der Waals surface area contributed by atoms with Crippen molar-refractivity contribution in [2.45, 2.75) is 49.8 Å². The lowest BCUT2D eigenvalue weighted by molar-refractivity contribution is -0.00657. The van der Waals surface area contributed by atoms with E-state index < -0.39 is 9.84 Å². The fraction of sp³-hybridized carbons (Fsp3) is 0.348. The minimum atomic E-state index is -3.86. The lowest BCUT2D eigenvalue weighted by Crippen LogP contribution is -2.45. The topological polar surface area (TPSA) is 72.6 Å². The zero-order valence-electron chi connectivity index (χ0n) is 17.6. The molecule has 1 aliphatic heterocycles. The number of ether oxygens (including phenoxy) is 1. The molecule has 0 aliphatic carbocycles. The Balaban J connectivity index is 1.87. The first kappa shape index (κ1) is 20.6. The zero-order chi connectivity index (χ0) is 21.5. The maximum Gasteiger partial charge on any atom is 0.236 e. The summed E-state index contributed by atoms with van der Waals surface area (Å²) in [5, 5.41) is -0.0501. The van der Waals surface area contributed by atoms with Crippen molar-refractivity contribution in [3.05, 3.63) is 59.7 Å². The van der Waals surface area contributed by atoms with Crippen molar-refractivity contribution in [2.75, 3.05) is 18.0 Å². The van der Waals surface area contributed by atoms with Crippen LogP contribution in [0.3, 0.4) is 0 Å². The van der Waals surface area contributed by atoms with Gasteiger partial charge in [0.05, 0.1) is 17.1 Å². The number of hydrogen-bond acceptors (Lipinski definition) is 6. The molecule has 158 valence electrons. The van der Waals surface area contributed by atoms with E-state index >= 15 is 0 Å². The maximum atomic E-state index is 13.5. The van der Waals surface area contributed by atoms with Gasteiger partial charge in [0, 0.05) is 18.7 Å². The van der Waals surface area contributed by atoms with Crippen molar-refractivity contribution >= 4 is 15.7 Å². The molecule has 0 spiro atoms. The molecule has 3 aromatic rings. The number of oxazole rings is 1. The monoisotopic (exact) mass is 426 g/mol. The fourth-order valence-corrected chi connectivity index (χ4v) is 5.10. The molecular weight excluding hydrogens is 400 g/mol. The van der Waals surface area contributed by atoms with E-state index in [-0.39, 0.29) is 28.0 Å². The Bertz CT molecular complexity index is 1140. The first-order valence-electron chi connectivity index (χ1n) is 10.0. The largest absolute Gasteiger partial charge is 0.419 e. The number of aryl methyl sites for hydroxylation is 2. The first-order chi connectivity index (χ1) is 14.3.